The zero-order chi connectivity index (χ0) is 18.5. The maximum Gasteiger partial charge on any atom is 0.158 e. The second-order valence-corrected chi connectivity index (χ2v) is 8.73. The summed E-state index contributed by atoms with van der Waals surface area (Å²) < 4.78 is 18.6. The van der Waals surface area contributed by atoms with E-state index < -0.39 is 16.8 Å². The molecule has 3 aliphatic rings. The zero-order valence-electron chi connectivity index (χ0n) is 15.8. The summed E-state index contributed by atoms with van der Waals surface area (Å²) >= 11 is 0. The van der Waals surface area contributed by atoms with Gasteiger partial charge in [0, 0.05) is 0 Å². The van der Waals surface area contributed by atoms with E-state index in [9.17, 15) is 15.0 Å². The summed E-state index contributed by atoms with van der Waals surface area (Å²) in [6.45, 7) is 6.94. The van der Waals surface area contributed by atoms with E-state index in [-0.39, 0.29) is 36.8 Å². The van der Waals surface area contributed by atoms with Gasteiger partial charge in [-0.1, -0.05) is 0 Å². The van der Waals surface area contributed by atoms with Crippen LogP contribution in [0.4, 0.5) is 0 Å². The van der Waals surface area contributed by atoms with Gasteiger partial charge in [-0.3, -0.25) is 4.79 Å². The Kier molecular flexibility index (Phi) is 5.06. The van der Waals surface area contributed by atoms with Crippen LogP contribution in [-0.2, 0) is 19.0 Å². The average Bonchev–Trinajstić information content (AvgIpc) is 3.26. The molecule has 3 rings (SSSR count). The molecule has 0 saturated carbocycles. The first kappa shape index (κ1) is 19.2. The minimum absolute atomic E-state index is 0.0420. The average molecular weight is 356 g/mol. The summed E-state index contributed by atoms with van der Waals surface area (Å²) in [4.78, 5) is 11.6. The van der Waals surface area contributed by atoms with Crippen LogP contribution >= 0.6 is 0 Å². The Morgan fingerprint density at radius 1 is 1.08 bits per heavy atom. The fourth-order valence-electron chi connectivity index (χ4n) is 4.56. The fourth-order valence-corrected chi connectivity index (χ4v) is 4.56. The summed E-state index contributed by atoms with van der Waals surface area (Å²) in [6, 6.07) is 0. The number of Topliss-reactive ketones (excluding diaryl/α,β-unsaturated/α-hetero) is 1. The van der Waals surface area contributed by atoms with Crippen LogP contribution in [0, 0.1) is 0 Å². The smallest absolute Gasteiger partial charge is 0.158 e. The van der Waals surface area contributed by atoms with Crippen LogP contribution in [-0.4, -0.2) is 63.8 Å². The van der Waals surface area contributed by atoms with Crippen molar-refractivity contribution in [2.24, 2.45) is 0 Å². The van der Waals surface area contributed by atoms with Crippen LogP contribution in [0.1, 0.15) is 66.2 Å². The van der Waals surface area contributed by atoms with Crippen LogP contribution in [0.3, 0.4) is 0 Å². The van der Waals surface area contributed by atoms with Crippen molar-refractivity contribution >= 4 is 5.78 Å². The molecule has 0 amide bonds. The summed E-state index contributed by atoms with van der Waals surface area (Å²) in [7, 11) is 0. The molecule has 0 spiro atoms. The van der Waals surface area contributed by atoms with E-state index in [4.69, 9.17) is 14.2 Å². The molecule has 0 aliphatic carbocycles. The molecule has 0 bridgehead atoms. The molecule has 0 aromatic carbocycles. The highest BCUT2D eigenvalue weighted by molar-refractivity contribution is 5.80. The Balaban J connectivity index is 1.63. The standard InChI is InChI=1S/C19H32O6/c1-12(21)13-7-9-18(3,24-13)15-5-6-16(23-15)19(4)10-8-14(25-19)17(2,22)11-20/h13-16,20,22H,5-11H2,1-4H3/t13-,14-,15-,16+,17+,18+,19-/m0/s1. The molecule has 6 nitrogen and oxygen atoms in total. The maximum absolute atomic E-state index is 11.6. The second-order valence-electron chi connectivity index (χ2n) is 8.73. The molecule has 0 aromatic heterocycles. The van der Waals surface area contributed by atoms with Crippen molar-refractivity contribution in [2.45, 2.75) is 107 Å². The zero-order valence-corrected chi connectivity index (χ0v) is 15.8. The lowest BCUT2D eigenvalue weighted by Gasteiger charge is -2.36. The number of carbonyl (C=O) groups excluding carboxylic acids is 1. The number of ether oxygens (including phenoxy) is 3. The van der Waals surface area contributed by atoms with E-state index in [1.165, 1.54) is 0 Å². The SMILES string of the molecule is CC(=O)[C@@H]1CC[C@](C)([C@@H]2CC[C@H]([C@]3(C)CC[C@@H]([C@](C)(O)CO)O3)O2)O1. The molecule has 3 saturated heterocycles. The minimum Gasteiger partial charge on any atom is -0.393 e. The molecule has 0 unspecified atom stereocenters. The summed E-state index contributed by atoms with van der Waals surface area (Å²) in [5, 5.41) is 19.7. The lowest BCUT2D eigenvalue weighted by atomic mass is 9.90. The number of hydrogen-bond donors (Lipinski definition) is 2. The molecule has 25 heavy (non-hydrogen) atoms. The van der Waals surface area contributed by atoms with Crippen LogP contribution in [0.2, 0.25) is 0 Å². The van der Waals surface area contributed by atoms with Crippen LogP contribution < -0.4 is 0 Å². The lowest BCUT2D eigenvalue weighted by molar-refractivity contribution is -0.193. The Morgan fingerprint density at radius 3 is 2.16 bits per heavy atom. The molecular weight excluding hydrogens is 324 g/mol. The van der Waals surface area contributed by atoms with E-state index in [1.807, 2.05) is 13.8 Å². The van der Waals surface area contributed by atoms with Crippen molar-refractivity contribution in [2.75, 3.05) is 6.61 Å². The van der Waals surface area contributed by atoms with Crippen LogP contribution in [0.15, 0.2) is 0 Å². The first-order valence-corrected chi connectivity index (χ1v) is 9.44. The predicted molar refractivity (Wildman–Crippen MR) is 91.3 cm³/mol. The number of aliphatic hydroxyl groups excluding tert-OH is 1. The lowest BCUT2D eigenvalue weighted by Crippen LogP contribution is -2.47. The fraction of sp³-hybridized carbons (Fsp3) is 0.947. The molecule has 0 radical (unpaired) electrons. The van der Waals surface area contributed by atoms with Crippen LogP contribution in [0.25, 0.3) is 0 Å². The van der Waals surface area contributed by atoms with Gasteiger partial charge >= 0.3 is 0 Å². The van der Waals surface area contributed by atoms with Gasteiger partial charge in [0.05, 0.1) is 36.1 Å². The summed E-state index contributed by atoms with van der Waals surface area (Å²) in [5.41, 5.74) is -2.12. The van der Waals surface area contributed by atoms with E-state index >= 15 is 0 Å². The molecule has 3 fully saturated rings. The highest BCUT2D eigenvalue weighted by Gasteiger charge is 2.54. The maximum atomic E-state index is 11.6. The number of ketones is 1. The van der Waals surface area contributed by atoms with Gasteiger partial charge in [-0.05, 0) is 66.2 Å². The topological polar surface area (TPSA) is 85.2 Å². The molecule has 144 valence electrons. The van der Waals surface area contributed by atoms with E-state index in [1.54, 1.807) is 13.8 Å². The van der Waals surface area contributed by atoms with Gasteiger partial charge in [0.15, 0.2) is 5.78 Å². The third-order valence-electron chi connectivity index (χ3n) is 6.48. The van der Waals surface area contributed by atoms with E-state index in [0.717, 1.165) is 32.1 Å². The second kappa shape index (κ2) is 6.57. The molecular formula is C19H32O6. The Labute approximate surface area is 149 Å². The van der Waals surface area contributed by atoms with Gasteiger partial charge in [-0.15, -0.1) is 0 Å². The predicted octanol–water partition coefficient (Wildman–Crippen LogP) is 1.74. The van der Waals surface area contributed by atoms with Crippen molar-refractivity contribution in [1.82, 2.24) is 0 Å². The third-order valence-corrected chi connectivity index (χ3v) is 6.48. The highest BCUT2D eigenvalue weighted by Crippen LogP contribution is 2.46. The molecule has 3 heterocycles. The highest BCUT2D eigenvalue weighted by atomic mass is 16.6. The quantitative estimate of drug-likeness (QED) is 0.780. The van der Waals surface area contributed by atoms with Gasteiger partial charge in [0.2, 0.25) is 0 Å². The number of hydrogen-bond acceptors (Lipinski definition) is 6. The molecule has 2 N–H and O–H groups in total. The monoisotopic (exact) mass is 356 g/mol. The van der Waals surface area contributed by atoms with Gasteiger partial charge in [0.25, 0.3) is 0 Å². The normalized spacial score (nSPS) is 47.1. The van der Waals surface area contributed by atoms with Crippen molar-refractivity contribution in [3.05, 3.63) is 0 Å². The first-order valence-electron chi connectivity index (χ1n) is 9.44. The van der Waals surface area contributed by atoms with Gasteiger partial charge < -0.3 is 24.4 Å². The molecule has 0 aromatic rings. The van der Waals surface area contributed by atoms with E-state index in [2.05, 4.69) is 0 Å². The van der Waals surface area contributed by atoms with Crippen molar-refractivity contribution < 1.29 is 29.2 Å². The molecule has 6 heteroatoms. The minimum atomic E-state index is -1.23. The number of aliphatic hydroxyl groups is 2. The molecule has 7 atom stereocenters. The van der Waals surface area contributed by atoms with Gasteiger partial charge in [-0.2, -0.15) is 0 Å². The van der Waals surface area contributed by atoms with Gasteiger partial charge in [0.1, 0.15) is 11.7 Å². The van der Waals surface area contributed by atoms with Crippen molar-refractivity contribution in [3.63, 3.8) is 0 Å². The van der Waals surface area contributed by atoms with Gasteiger partial charge in [-0.25, -0.2) is 0 Å². The van der Waals surface area contributed by atoms with Crippen LogP contribution in [0.5, 0.6) is 0 Å². The largest absolute Gasteiger partial charge is 0.393 e. The molecule has 3 aliphatic heterocycles. The summed E-state index contributed by atoms with van der Waals surface area (Å²) in [6.07, 6.45) is 4.03. The Morgan fingerprint density at radius 2 is 1.64 bits per heavy atom. The number of carbonyl (C=O) groups is 1. The van der Waals surface area contributed by atoms with Crippen molar-refractivity contribution in [1.29, 1.82) is 0 Å². The number of rotatable bonds is 5. The van der Waals surface area contributed by atoms with E-state index in [0.29, 0.717) is 6.42 Å². The first-order chi connectivity index (χ1) is 11.6. The summed E-state index contributed by atoms with van der Waals surface area (Å²) in [5.74, 6) is 0.0819. The third kappa shape index (κ3) is 3.52. The van der Waals surface area contributed by atoms with Crippen molar-refractivity contribution in [3.8, 4) is 0 Å². The Hall–Kier alpha value is -0.530. The Bertz CT molecular complexity index is 520.